The Hall–Kier alpha value is -2.23. The second kappa shape index (κ2) is 6.26. The number of aryl methyl sites for hydroxylation is 1. The summed E-state index contributed by atoms with van der Waals surface area (Å²) in [6.07, 6.45) is 3.53. The molecule has 2 nitrogen and oxygen atoms in total. The van der Waals surface area contributed by atoms with Crippen LogP contribution in [-0.4, -0.2) is 19.4 Å². The summed E-state index contributed by atoms with van der Waals surface area (Å²) in [7, 11) is 0. The summed E-state index contributed by atoms with van der Waals surface area (Å²) in [5.41, 5.74) is 3.80. The van der Waals surface area contributed by atoms with Crippen molar-refractivity contribution in [2.24, 2.45) is 0 Å². The maximum Gasteiger partial charge on any atom is 0.159 e. The number of halogens is 2. The lowest BCUT2D eigenvalue weighted by atomic mass is 9.99. The molecule has 0 bridgehead atoms. The molecular formula is C18H17F2NO. The van der Waals surface area contributed by atoms with E-state index in [0.717, 1.165) is 43.5 Å². The standard InChI is InChI=1S/C18H17F2NO/c19-16-5-3-13(11-17(16)20)7-9-21-8-1-2-15-10-14(12-22)4-6-18(15)21/h3-6,10-12H,1-2,7-9H2. The highest BCUT2D eigenvalue weighted by Gasteiger charge is 2.17. The van der Waals surface area contributed by atoms with Crippen LogP contribution >= 0.6 is 0 Å². The number of carbonyl (C=O) groups excluding carboxylic acids is 1. The lowest BCUT2D eigenvalue weighted by Crippen LogP contribution is -2.31. The van der Waals surface area contributed by atoms with Crippen molar-refractivity contribution in [3.8, 4) is 0 Å². The molecule has 0 amide bonds. The second-order valence-electron chi connectivity index (χ2n) is 5.60. The van der Waals surface area contributed by atoms with Crippen molar-refractivity contribution in [2.45, 2.75) is 19.3 Å². The van der Waals surface area contributed by atoms with E-state index in [2.05, 4.69) is 4.90 Å². The third kappa shape index (κ3) is 3.01. The molecule has 1 aliphatic rings. The molecule has 0 fully saturated rings. The van der Waals surface area contributed by atoms with E-state index in [9.17, 15) is 13.6 Å². The average Bonchev–Trinajstić information content (AvgIpc) is 2.55. The van der Waals surface area contributed by atoms with Gasteiger partial charge in [-0.15, -0.1) is 0 Å². The van der Waals surface area contributed by atoms with E-state index >= 15 is 0 Å². The average molecular weight is 301 g/mol. The highest BCUT2D eigenvalue weighted by molar-refractivity contribution is 5.77. The maximum absolute atomic E-state index is 13.2. The molecule has 0 radical (unpaired) electrons. The first-order valence-corrected chi connectivity index (χ1v) is 7.44. The molecule has 0 spiro atoms. The van der Waals surface area contributed by atoms with Gasteiger partial charge < -0.3 is 4.90 Å². The normalized spacial score (nSPS) is 13.8. The molecule has 2 aromatic carbocycles. The van der Waals surface area contributed by atoms with Crippen LogP contribution in [0.25, 0.3) is 0 Å². The van der Waals surface area contributed by atoms with Crippen LogP contribution in [0.15, 0.2) is 36.4 Å². The van der Waals surface area contributed by atoms with Crippen LogP contribution in [0, 0.1) is 11.6 Å². The summed E-state index contributed by atoms with van der Waals surface area (Å²) in [5.74, 6) is -1.61. The number of hydrogen-bond donors (Lipinski definition) is 0. The monoisotopic (exact) mass is 301 g/mol. The number of nitrogens with zero attached hydrogens (tertiary/aromatic N) is 1. The van der Waals surface area contributed by atoms with E-state index in [1.165, 1.54) is 17.7 Å². The van der Waals surface area contributed by atoms with Crippen LogP contribution in [0.3, 0.4) is 0 Å². The minimum Gasteiger partial charge on any atom is -0.371 e. The minimum absolute atomic E-state index is 0.659. The molecule has 22 heavy (non-hydrogen) atoms. The van der Waals surface area contributed by atoms with Gasteiger partial charge in [-0.05, 0) is 60.7 Å². The molecule has 0 unspecified atom stereocenters. The van der Waals surface area contributed by atoms with Crippen LogP contribution in [0.4, 0.5) is 14.5 Å². The zero-order valence-electron chi connectivity index (χ0n) is 12.2. The van der Waals surface area contributed by atoms with Gasteiger partial charge in [-0.3, -0.25) is 4.79 Å². The van der Waals surface area contributed by atoms with Crippen LogP contribution < -0.4 is 4.90 Å². The van der Waals surface area contributed by atoms with E-state index in [1.54, 1.807) is 6.07 Å². The van der Waals surface area contributed by atoms with E-state index in [-0.39, 0.29) is 0 Å². The second-order valence-corrected chi connectivity index (χ2v) is 5.60. The van der Waals surface area contributed by atoms with Crippen molar-refractivity contribution < 1.29 is 13.6 Å². The molecule has 114 valence electrons. The SMILES string of the molecule is O=Cc1ccc2c(c1)CCCN2CCc1ccc(F)c(F)c1. The Bertz CT molecular complexity index is 699. The molecule has 0 N–H and O–H groups in total. The number of fused-ring (bicyclic) bond motifs is 1. The first kappa shape index (κ1) is 14.7. The zero-order valence-corrected chi connectivity index (χ0v) is 12.2. The van der Waals surface area contributed by atoms with Gasteiger partial charge in [-0.1, -0.05) is 6.07 Å². The smallest absolute Gasteiger partial charge is 0.159 e. The molecular weight excluding hydrogens is 284 g/mol. The first-order valence-electron chi connectivity index (χ1n) is 7.44. The van der Waals surface area contributed by atoms with E-state index < -0.39 is 11.6 Å². The Kier molecular flexibility index (Phi) is 4.18. The highest BCUT2D eigenvalue weighted by Crippen LogP contribution is 2.28. The van der Waals surface area contributed by atoms with Crippen molar-refractivity contribution in [1.82, 2.24) is 0 Å². The number of benzene rings is 2. The highest BCUT2D eigenvalue weighted by atomic mass is 19.2. The first-order chi connectivity index (χ1) is 10.7. The fourth-order valence-electron chi connectivity index (χ4n) is 2.96. The maximum atomic E-state index is 13.2. The van der Waals surface area contributed by atoms with Crippen LogP contribution in [-0.2, 0) is 12.8 Å². The summed E-state index contributed by atoms with van der Waals surface area (Å²) in [4.78, 5) is 13.1. The van der Waals surface area contributed by atoms with Gasteiger partial charge in [0.25, 0.3) is 0 Å². The lowest BCUT2D eigenvalue weighted by molar-refractivity contribution is 0.112. The Balaban J connectivity index is 1.74. The number of carbonyl (C=O) groups is 1. The summed E-state index contributed by atoms with van der Waals surface area (Å²) in [6.45, 7) is 1.69. The summed E-state index contributed by atoms with van der Waals surface area (Å²) >= 11 is 0. The van der Waals surface area contributed by atoms with Crippen LogP contribution in [0.1, 0.15) is 27.9 Å². The fourth-order valence-corrected chi connectivity index (χ4v) is 2.96. The summed E-state index contributed by atoms with van der Waals surface area (Å²) in [5, 5.41) is 0. The molecule has 0 aliphatic carbocycles. The van der Waals surface area contributed by atoms with Gasteiger partial charge in [0.2, 0.25) is 0 Å². The largest absolute Gasteiger partial charge is 0.371 e. The molecule has 0 atom stereocenters. The van der Waals surface area contributed by atoms with Crippen molar-refractivity contribution in [3.05, 3.63) is 64.7 Å². The molecule has 0 saturated carbocycles. The number of rotatable bonds is 4. The lowest BCUT2D eigenvalue weighted by Gasteiger charge is -2.31. The molecule has 0 saturated heterocycles. The number of anilines is 1. The van der Waals surface area contributed by atoms with Crippen LogP contribution in [0.5, 0.6) is 0 Å². The molecule has 3 rings (SSSR count). The van der Waals surface area contributed by atoms with E-state index in [1.807, 2.05) is 18.2 Å². The zero-order chi connectivity index (χ0) is 15.5. The quantitative estimate of drug-likeness (QED) is 0.801. The van der Waals surface area contributed by atoms with Crippen molar-refractivity contribution in [3.63, 3.8) is 0 Å². The van der Waals surface area contributed by atoms with Crippen LogP contribution in [0.2, 0.25) is 0 Å². The minimum atomic E-state index is -0.812. The van der Waals surface area contributed by atoms with Gasteiger partial charge in [0, 0.05) is 24.3 Å². The van der Waals surface area contributed by atoms with Gasteiger partial charge in [-0.25, -0.2) is 8.78 Å². The number of hydrogen-bond acceptors (Lipinski definition) is 2. The van der Waals surface area contributed by atoms with Gasteiger partial charge in [0.1, 0.15) is 6.29 Å². The van der Waals surface area contributed by atoms with Gasteiger partial charge in [0.15, 0.2) is 11.6 Å². The molecule has 2 aromatic rings. The molecule has 1 aliphatic heterocycles. The van der Waals surface area contributed by atoms with E-state index in [4.69, 9.17) is 0 Å². The predicted octanol–water partition coefficient (Wildman–Crippen LogP) is 3.77. The third-order valence-corrected chi connectivity index (χ3v) is 4.11. The van der Waals surface area contributed by atoms with Gasteiger partial charge in [-0.2, -0.15) is 0 Å². The number of aldehydes is 1. The molecule has 1 heterocycles. The molecule has 4 heteroatoms. The predicted molar refractivity (Wildman–Crippen MR) is 82.4 cm³/mol. The van der Waals surface area contributed by atoms with Crippen molar-refractivity contribution in [2.75, 3.05) is 18.0 Å². The van der Waals surface area contributed by atoms with Crippen molar-refractivity contribution in [1.29, 1.82) is 0 Å². The Morgan fingerprint density at radius 1 is 1.09 bits per heavy atom. The summed E-state index contributed by atoms with van der Waals surface area (Å²) in [6, 6.07) is 9.79. The Labute approximate surface area is 128 Å². The Morgan fingerprint density at radius 2 is 1.95 bits per heavy atom. The van der Waals surface area contributed by atoms with Gasteiger partial charge in [0.05, 0.1) is 0 Å². The van der Waals surface area contributed by atoms with Crippen molar-refractivity contribution >= 4 is 12.0 Å². The Morgan fingerprint density at radius 3 is 2.73 bits per heavy atom. The molecule has 0 aromatic heterocycles. The summed E-state index contributed by atoms with van der Waals surface area (Å²) < 4.78 is 26.2. The van der Waals surface area contributed by atoms with E-state index in [0.29, 0.717) is 12.0 Å². The van der Waals surface area contributed by atoms with Gasteiger partial charge >= 0.3 is 0 Å². The topological polar surface area (TPSA) is 20.3 Å². The third-order valence-electron chi connectivity index (χ3n) is 4.11. The fraction of sp³-hybridized carbons (Fsp3) is 0.278.